The largest absolute Gasteiger partial charge is 0.416 e. The van der Waals surface area contributed by atoms with Gasteiger partial charge in [0.25, 0.3) is 0 Å². The average molecular weight is 291 g/mol. The maximum atomic E-state index is 12.9. The van der Waals surface area contributed by atoms with E-state index in [9.17, 15) is 17.6 Å². The molecular weight excluding hydrogens is 270 g/mol. The van der Waals surface area contributed by atoms with Gasteiger partial charge in [-0.3, -0.25) is 0 Å². The Balaban J connectivity index is 2.48. The zero-order valence-electron chi connectivity index (χ0n) is 11.9. The van der Waals surface area contributed by atoms with Crippen LogP contribution in [0.5, 0.6) is 0 Å². The van der Waals surface area contributed by atoms with Crippen molar-refractivity contribution in [1.82, 2.24) is 5.32 Å². The van der Waals surface area contributed by atoms with Crippen LogP contribution in [0.25, 0.3) is 0 Å². The monoisotopic (exact) mass is 291 g/mol. The molecule has 0 spiro atoms. The van der Waals surface area contributed by atoms with Crippen LogP contribution in [0, 0.1) is 11.7 Å². The molecule has 114 valence electrons. The van der Waals surface area contributed by atoms with E-state index >= 15 is 0 Å². The molecule has 0 amide bonds. The normalized spacial score (nSPS) is 12.2. The molecule has 20 heavy (non-hydrogen) atoms. The van der Waals surface area contributed by atoms with Gasteiger partial charge in [0.15, 0.2) is 0 Å². The van der Waals surface area contributed by atoms with Crippen molar-refractivity contribution in [2.45, 2.75) is 39.3 Å². The maximum absolute atomic E-state index is 12.9. The summed E-state index contributed by atoms with van der Waals surface area (Å²) in [4.78, 5) is 0. The number of hydrogen-bond donors (Lipinski definition) is 1. The van der Waals surface area contributed by atoms with Gasteiger partial charge in [0.05, 0.1) is 5.56 Å². The molecule has 0 radical (unpaired) electrons. The van der Waals surface area contributed by atoms with Crippen LogP contribution in [-0.4, -0.2) is 13.1 Å². The molecule has 0 saturated heterocycles. The Morgan fingerprint density at radius 2 is 1.85 bits per heavy atom. The molecular formula is C15H21F4N. The van der Waals surface area contributed by atoms with Gasteiger partial charge in [0.2, 0.25) is 0 Å². The summed E-state index contributed by atoms with van der Waals surface area (Å²) in [6.07, 6.45) is -2.72. The topological polar surface area (TPSA) is 12.0 Å². The summed E-state index contributed by atoms with van der Waals surface area (Å²) in [5.41, 5.74) is -0.685. The highest BCUT2D eigenvalue weighted by atomic mass is 19.4. The summed E-state index contributed by atoms with van der Waals surface area (Å²) in [6, 6.07) is 2.90. The zero-order valence-corrected chi connectivity index (χ0v) is 11.9. The Morgan fingerprint density at radius 3 is 2.45 bits per heavy atom. The van der Waals surface area contributed by atoms with E-state index in [4.69, 9.17) is 0 Å². The first-order valence-corrected chi connectivity index (χ1v) is 6.87. The molecule has 0 bridgehead atoms. The minimum absolute atomic E-state index is 0.169. The fraction of sp³-hybridized carbons (Fsp3) is 0.600. The van der Waals surface area contributed by atoms with E-state index in [2.05, 4.69) is 19.2 Å². The summed E-state index contributed by atoms with van der Waals surface area (Å²) in [5, 5.41) is 3.24. The minimum Gasteiger partial charge on any atom is -0.316 e. The van der Waals surface area contributed by atoms with Crippen LogP contribution < -0.4 is 5.32 Å². The molecule has 1 nitrogen and oxygen atoms in total. The minimum atomic E-state index is -4.49. The third-order valence-electron chi connectivity index (χ3n) is 2.98. The SMILES string of the molecule is CC(C)CNCCCCc1ccc(F)cc1C(F)(F)F. The molecule has 0 unspecified atom stereocenters. The first kappa shape index (κ1) is 17.0. The van der Waals surface area contributed by atoms with Crippen LogP contribution in [-0.2, 0) is 12.6 Å². The molecule has 0 aliphatic carbocycles. The van der Waals surface area contributed by atoms with Crippen molar-refractivity contribution in [3.63, 3.8) is 0 Å². The lowest BCUT2D eigenvalue weighted by Gasteiger charge is -2.13. The number of hydrogen-bond acceptors (Lipinski definition) is 1. The van der Waals surface area contributed by atoms with Crippen molar-refractivity contribution >= 4 is 0 Å². The molecule has 1 aromatic carbocycles. The van der Waals surface area contributed by atoms with Gasteiger partial charge >= 0.3 is 6.18 Å². The highest BCUT2D eigenvalue weighted by molar-refractivity contribution is 5.30. The summed E-state index contributed by atoms with van der Waals surface area (Å²) in [6.45, 7) is 5.90. The number of aryl methyl sites for hydroxylation is 1. The number of nitrogens with one attached hydrogen (secondary N) is 1. The predicted molar refractivity (Wildman–Crippen MR) is 72.0 cm³/mol. The van der Waals surface area contributed by atoms with Crippen LogP contribution in [0.3, 0.4) is 0 Å². The van der Waals surface area contributed by atoms with E-state index in [-0.39, 0.29) is 5.56 Å². The van der Waals surface area contributed by atoms with E-state index in [0.717, 1.165) is 25.6 Å². The van der Waals surface area contributed by atoms with Crippen molar-refractivity contribution in [2.24, 2.45) is 5.92 Å². The standard InChI is InChI=1S/C15H21F4N/c1-11(2)10-20-8-4-3-5-12-6-7-13(16)9-14(12)15(17,18)19/h6-7,9,11,20H,3-5,8,10H2,1-2H3. The molecule has 5 heteroatoms. The van der Waals surface area contributed by atoms with Crippen molar-refractivity contribution in [2.75, 3.05) is 13.1 Å². The Labute approximate surface area is 117 Å². The van der Waals surface area contributed by atoms with Gasteiger partial charge in [-0.15, -0.1) is 0 Å². The lowest BCUT2D eigenvalue weighted by molar-refractivity contribution is -0.138. The summed E-state index contributed by atoms with van der Waals surface area (Å²) in [7, 11) is 0. The third kappa shape index (κ3) is 5.90. The number of halogens is 4. The second-order valence-corrected chi connectivity index (χ2v) is 5.35. The van der Waals surface area contributed by atoms with E-state index in [0.29, 0.717) is 24.8 Å². The first-order valence-electron chi connectivity index (χ1n) is 6.87. The molecule has 1 aromatic rings. The Kier molecular flexibility index (Phi) is 6.46. The highest BCUT2D eigenvalue weighted by Crippen LogP contribution is 2.33. The Morgan fingerprint density at radius 1 is 1.15 bits per heavy atom. The lowest BCUT2D eigenvalue weighted by atomic mass is 10.0. The average Bonchev–Trinajstić information content (AvgIpc) is 2.33. The molecule has 0 saturated carbocycles. The summed E-state index contributed by atoms with van der Waals surface area (Å²) < 4.78 is 51.2. The van der Waals surface area contributed by atoms with Gasteiger partial charge in [-0.05, 0) is 56.0 Å². The fourth-order valence-electron chi connectivity index (χ4n) is 1.99. The van der Waals surface area contributed by atoms with Crippen LogP contribution >= 0.6 is 0 Å². The lowest BCUT2D eigenvalue weighted by Crippen LogP contribution is -2.20. The number of unbranched alkanes of at least 4 members (excludes halogenated alkanes) is 1. The molecule has 0 fully saturated rings. The molecule has 0 aliphatic heterocycles. The van der Waals surface area contributed by atoms with Gasteiger partial charge in [-0.2, -0.15) is 13.2 Å². The van der Waals surface area contributed by atoms with Crippen LogP contribution in [0.2, 0.25) is 0 Å². The molecule has 0 heterocycles. The van der Waals surface area contributed by atoms with Crippen LogP contribution in [0.4, 0.5) is 17.6 Å². The van der Waals surface area contributed by atoms with Gasteiger partial charge in [-0.25, -0.2) is 4.39 Å². The van der Waals surface area contributed by atoms with E-state index in [1.165, 1.54) is 6.07 Å². The molecule has 0 aromatic heterocycles. The van der Waals surface area contributed by atoms with Crippen LogP contribution in [0.1, 0.15) is 37.8 Å². The zero-order chi connectivity index (χ0) is 15.2. The van der Waals surface area contributed by atoms with Crippen molar-refractivity contribution < 1.29 is 17.6 Å². The quantitative estimate of drug-likeness (QED) is 0.579. The van der Waals surface area contributed by atoms with Crippen LogP contribution in [0.15, 0.2) is 18.2 Å². The molecule has 1 rings (SSSR count). The smallest absolute Gasteiger partial charge is 0.316 e. The number of alkyl halides is 3. The second kappa shape index (κ2) is 7.62. The van der Waals surface area contributed by atoms with E-state index in [1.807, 2.05) is 0 Å². The fourth-order valence-corrected chi connectivity index (χ4v) is 1.99. The first-order chi connectivity index (χ1) is 9.30. The van der Waals surface area contributed by atoms with Gasteiger partial charge in [-0.1, -0.05) is 19.9 Å². The van der Waals surface area contributed by atoms with Gasteiger partial charge < -0.3 is 5.32 Å². The highest BCUT2D eigenvalue weighted by Gasteiger charge is 2.33. The Bertz CT molecular complexity index is 413. The van der Waals surface area contributed by atoms with E-state index in [1.54, 1.807) is 0 Å². The summed E-state index contributed by atoms with van der Waals surface area (Å²) in [5.74, 6) is -0.288. The Hall–Kier alpha value is -1.10. The third-order valence-corrected chi connectivity index (χ3v) is 2.98. The maximum Gasteiger partial charge on any atom is 0.416 e. The van der Waals surface area contributed by atoms with Gasteiger partial charge in [0, 0.05) is 0 Å². The predicted octanol–water partition coefficient (Wildman–Crippen LogP) is 4.41. The van der Waals surface area contributed by atoms with E-state index < -0.39 is 17.6 Å². The summed E-state index contributed by atoms with van der Waals surface area (Å²) >= 11 is 0. The van der Waals surface area contributed by atoms with Crippen molar-refractivity contribution in [3.8, 4) is 0 Å². The number of benzene rings is 1. The molecule has 0 aliphatic rings. The van der Waals surface area contributed by atoms with Crippen molar-refractivity contribution in [1.29, 1.82) is 0 Å². The number of rotatable bonds is 7. The molecule has 1 N–H and O–H groups in total. The van der Waals surface area contributed by atoms with Gasteiger partial charge in [0.1, 0.15) is 5.82 Å². The van der Waals surface area contributed by atoms with Crippen molar-refractivity contribution in [3.05, 3.63) is 35.1 Å². The molecule has 0 atom stereocenters. The second-order valence-electron chi connectivity index (χ2n) is 5.35.